The number of aryl methyl sites for hydroxylation is 2. The van der Waals surface area contributed by atoms with Crippen molar-refractivity contribution >= 4 is 5.96 Å². The molecule has 1 aromatic rings. The summed E-state index contributed by atoms with van der Waals surface area (Å²) in [5, 5.41) is 0. The Labute approximate surface area is 116 Å². The number of hydrogen-bond donors (Lipinski definition) is 1. The summed E-state index contributed by atoms with van der Waals surface area (Å²) in [7, 11) is 0. The van der Waals surface area contributed by atoms with E-state index in [2.05, 4.69) is 62.7 Å². The Morgan fingerprint density at radius 2 is 2.05 bits per heavy atom. The fourth-order valence-electron chi connectivity index (χ4n) is 2.87. The van der Waals surface area contributed by atoms with Crippen molar-refractivity contribution in [3.63, 3.8) is 0 Å². The summed E-state index contributed by atoms with van der Waals surface area (Å²) in [6.45, 7) is 12.7. The van der Waals surface area contributed by atoms with E-state index < -0.39 is 0 Å². The molecule has 1 heterocycles. The summed E-state index contributed by atoms with van der Waals surface area (Å²) in [6.07, 6.45) is 0. The Balaban J connectivity index is 2.43. The van der Waals surface area contributed by atoms with E-state index in [1.165, 1.54) is 16.7 Å². The third-order valence-electron chi connectivity index (χ3n) is 3.94. The second-order valence-electron chi connectivity index (χ2n) is 6.27. The Morgan fingerprint density at radius 3 is 2.68 bits per heavy atom. The maximum atomic E-state index is 6.10. The minimum atomic E-state index is -0.107. The average Bonchev–Trinajstić information content (AvgIpc) is 2.61. The molecule has 3 nitrogen and oxygen atoms in total. The van der Waals surface area contributed by atoms with Gasteiger partial charge in [0.25, 0.3) is 0 Å². The molecule has 0 spiro atoms. The van der Waals surface area contributed by atoms with Gasteiger partial charge >= 0.3 is 0 Å². The van der Waals surface area contributed by atoms with Crippen LogP contribution in [0.1, 0.15) is 37.5 Å². The molecule has 1 aliphatic rings. The van der Waals surface area contributed by atoms with Crippen molar-refractivity contribution in [3.05, 3.63) is 34.9 Å². The normalized spacial score (nSPS) is 23.1. The van der Waals surface area contributed by atoms with Crippen LogP contribution in [0.2, 0.25) is 0 Å². The van der Waals surface area contributed by atoms with Gasteiger partial charge in [0.1, 0.15) is 0 Å². The van der Waals surface area contributed by atoms with E-state index in [0.29, 0.717) is 11.9 Å². The predicted octanol–water partition coefficient (Wildman–Crippen LogP) is 2.80. The molecule has 1 atom stereocenters. The molecule has 1 aromatic carbocycles. The van der Waals surface area contributed by atoms with Gasteiger partial charge in [0.05, 0.1) is 12.1 Å². The van der Waals surface area contributed by atoms with Gasteiger partial charge in [-0.1, -0.05) is 37.6 Å². The van der Waals surface area contributed by atoms with E-state index in [0.717, 1.165) is 13.1 Å². The fraction of sp³-hybridized carbons (Fsp3) is 0.562. The van der Waals surface area contributed by atoms with Crippen molar-refractivity contribution in [1.29, 1.82) is 0 Å². The van der Waals surface area contributed by atoms with Crippen LogP contribution in [0.3, 0.4) is 0 Å². The molecule has 0 saturated carbocycles. The number of hydrogen-bond acceptors (Lipinski definition) is 3. The van der Waals surface area contributed by atoms with Gasteiger partial charge in [-0.2, -0.15) is 0 Å². The molecular weight excluding hydrogens is 234 g/mol. The molecule has 0 aliphatic carbocycles. The van der Waals surface area contributed by atoms with E-state index in [1.54, 1.807) is 0 Å². The zero-order valence-electron chi connectivity index (χ0n) is 12.7. The van der Waals surface area contributed by atoms with Crippen LogP contribution in [0, 0.1) is 19.8 Å². The number of nitrogens with two attached hydrogens (primary N) is 1. The molecule has 19 heavy (non-hydrogen) atoms. The fourth-order valence-corrected chi connectivity index (χ4v) is 2.87. The lowest BCUT2D eigenvalue weighted by atomic mass is 9.86. The molecular formula is C16H25N3. The first-order chi connectivity index (χ1) is 8.84. The van der Waals surface area contributed by atoms with Crippen molar-refractivity contribution in [2.24, 2.45) is 16.6 Å². The van der Waals surface area contributed by atoms with E-state index in [4.69, 9.17) is 5.73 Å². The molecule has 3 heteroatoms. The van der Waals surface area contributed by atoms with Crippen molar-refractivity contribution < 1.29 is 0 Å². The number of benzene rings is 1. The smallest absolute Gasteiger partial charge is 0.192 e. The maximum absolute atomic E-state index is 6.10. The molecule has 1 unspecified atom stereocenters. The minimum absolute atomic E-state index is 0.107. The van der Waals surface area contributed by atoms with Crippen LogP contribution in [-0.2, 0) is 5.54 Å². The van der Waals surface area contributed by atoms with Crippen LogP contribution in [0.5, 0.6) is 0 Å². The average molecular weight is 259 g/mol. The lowest BCUT2D eigenvalue weighted by Gasteiger charge is -2.39. The molecule has 0 radical (unpaired) electrons. The van der Waals surface area contributed by atoms with Crippen LogP contribution in [0.25, 0.3) is 0 Å². The van der Waals surface area contributed by atoms with Crippen LogP contribution in [0.4, 0.5) is 0 Å². The summed E-state index contributed by atoms with van der Waals surface area (Å²) in [6, 6.07) is 6.63. The Hall–Kier alpha value is -1.51. The standard InChI is InChI=1S/C16H25N3/c1-11(2)9-19-15(17)18-10-16(19,5)14-8-12(3)6-7-13(14)4/h6-8,11H,9-10H2,1-5H3,(H2,17,18). The third kappa shape index (κ3) is 2.46. The van der Waals surface area contributed by atoms with Crippen molar-refractivity contribution in [2.45, 2.75) is 40.2 Å². The van der Waals surface area contributed by atoms with E-state index in [9.17, 15) is 0 Å². The zero-order chi connectivity index (χ0) is 14.2. The van der Waals surface area contributed by atoms with Crippen LogP contribution in [-0.4, -0.2) is 23.9 Å². The SMILES string of the molecule is Cc1ccc(C)c(C2(C)CN=C(N)N2CC(C)C)c1. The van der Waals surface area contributed by atoms with E-state index in [1.807, 2.05) is 0 Å². The molecule has 2 N–H and O–H groups in total. The molecule has 0 amide bonds. The molecule has 0 fully saturated rings. The molecule has 1 aliphatic heterocycles. The van der Waals surface area contributed by atoms with Gasteiger partial charge < -0.3 is 10.6 Å². The summed E-state index contributed by atoms with van der Waals surface area (Å²) in [4.78, 5) is 6.75. The minimum Gasteiger partial charge on any atom is -0.370 e. The van der Waals surface area contributed by atoms with E-state index >= 15 is 0 Å². The first-order valence-electron chi connectivity index (χ1n) is 7.00. The highest BCUT2D eigenvalue weighted by Crippen LogP contribution is 2.35. The molecule has 2 rings (SSSR count). The summed E-state index contributed by atoms with van der Waals surface area (Å²) in [5.41, 5.74) is 9.94. The van der Waals surface area contributed by atoms with Crippen LogP contribution >= 0.6 is 0 Å². The van der Waals surface area contributed by atoms with Gasteiger partial charge in [-0.25, -0.2) is 0 Å². The Morgan fingerprint density at radius 1 is 1.37 bits per heavy atom. The second kappa shape index (κ2) is 4.87. The Bertz CT molecular complexity index is 505. The van der Waals surface area contributed by atoms with Crippen molar-refractivity contribution in [1.82, 2.24) is 4.90 Å². The van der Waals surface area contributed by atoms with Crippen LogP contribution in [0.15, 0.2) is 23.2 Å². The molecule has 0 bridgehead atoms. The maximum Gasteiger partial charge on any atom is 0.192 e. The predicted molar refractivity (Wildman–Crippen MR) is 81.3 cm³/mol. The number of nitrogens with zero attached hydrogens (tertiary/aromatic N) is 2. The highest BCUT2D eigenvalue weighted by atomic mass is 15.4. The largest absolute Gasteiger partial charge is 0.370 e. The lowest BCUT2D eigenvalue weighted by molar-refractivity contribution is 0.203. The van der Waals surface area contributed by atoms with E-state index in [-0.39, 0.29) is 5.54 Å². The van der Waals surface area contributed by atoms with Crippen molar-refractivity contribution in [2.75, 3.05) is 13.1 Å². The highest BCUT2D eigenvalue weighted by Gasteiger charge is 2.40. The van der Waals surface area contributed by atoms with Gasteiger partial charge in [0, 0.05) is 6.54 Å². The molecule has 104 valence electrons. The zero-order valence-corrected chi connectivity index (χ0v) is 12.7. The van der Waals surface area contributed by atoms with Crippen LogP contribution < -0.4 is 5.73 Å². The third-order valence-corrected chi connectivity index (χ3v) is 3.94. The second-order valence-corrected chi connectivity index (χ2v) is 6.27. The van der Waals surface area contributed by atoms with Gasteiger partial charge in [-0.05, 0) is 37.8 Å². The summed E-state index contributed by atoms with van der Waals surface area (Å²) >= 11 is 0. The van der Waals surface area contributed by atoms with Gasteiger partial charge in [-0.3, -0.25) is 4.99 Å². The van der Waals surface area contributed by atoms with Gasteiger partial charge in [-0.15, -0.1) is 0 Å². The summed E-state index contributed by atoms with van der Waals surface area (Å²) < 4.78 is 0. The first kappa shape index (κ1) is 13.9. The monoisotopic (exact) mass is 259 g/mol. The topological polar surface area (TPSA) is 41.6 Å². The number of aliphatic imine (C=N–C) groups is 1. The lowest BCUT2D eigenvalue weighted by Crippen LogP contribution is -2.49. The van der Waals surface area contributed by atoms with Gasteiger partial charge in [0.15, 0.2) is 5.96 Å². The summed E-state index contributed by atoms with van der Waals surface area (Å²) in [5.74, 6) is 1.24. The molecule has 0 saturated heterocycles. The quantitative estimate of drug-likeness (QED) is 0.907. The first-order valence-corrected chi connectivity index (χ1v) is 7.00. The Kier molecular flexibility index (Phi) is 3.57. The molecule has 0 aromatic heterocycles. The number of guanidine groups is 1. The van der Waals surface area contributed by atoms with Crippen molar-refractivity contribution in [3.8, 4) is 0 Å². The number of rotatable bonds is 3. The van der Waals surface area contributed by atoms with Gasteiger partial charge in [0.2, 0.25) is 0 Å². The highest BCUT2D eigenvalue weighted by molar-refractivity contribution is 5.81.